The first-order valence-corrected chi connectivity index (χ1v) is 9.02. The fourth-order valence-corrected chi connectivity index (χ4v) is 3.96. The maximum absolute atomic E-state index is 12.8. The number of fused-ring (bicyclic) bond motifs is 1. The monoisotopic (exact) mass is 387 g/mol. The van der Waals surface area contributed by atoms with Crippen LogP contribution in [0.15, 0.2) is 47.3 Å². The highest BCUT2D eigenvalue weighted by molar-refractivity contribution is 7.15. The highest BCUT2D eigenvalue weighted by Crippen LogP contribution is 2.22. The molecule has 2 aromatic carbocycles. The van der Waals surface area contributed by atoms with Crippen LogP contribution in [0.2, 0.25) is 10.0 Å². The third kappa shape index (κ3) is 2.95. The minimum atomic E-state index is -0.160. The first-order chi connectivity index (χ1) is 12.0. The van der Waals surface area contributed by atoms with Gasteiger partial charge in [-0.25, -0.2) is 4.40 Å². The zero-order valence-electron chi connectivity index (χ0n) is 13.0. The Hall–Kier alpha value is -2.21. The van der Waals surface area contributed by atoms with Gasteiger partial charge < -0.3 is 0 Å². The normalized spacial score (nSPS) is 12.2. The Morgan fingerprint density at radius 3 is 2.72 bits per heavy atom. The Morgan fingerprint density at radius 1 is 1.12 bits per heavy atom. The average molecular weight is 388 g/mol. The molecule has 0 bridgehead atoms. The molecule has 0 atom stereocenters. The van der Waals surface area contributed by atoms with Gasteiger partial charge in [-0.2, -0.15) is 0 Å². The standard InChI is InChI=1S/C18H11Cl2N3OS/c1-10-3-2-4-12(7-10)16-21-22-18-23(16)17(24)15(25-18)8-11-5-6-13(19)9-14(11)20/h2-9H,1H3/b15-8-. The fourth-order valence-electron chi connectivity index (χ4n) is 2.59. The number of hydrogen-bond acceptors (Lipinski definition) is 4. The van der Waals surface area contributed by atoms with Gasteiger partial charge >= 0.3 is 0 Å². The molecular formula is C18H11Cl2N3OS. The number of thiazole rings is 1. The Bertz CT molecular complexity index is 1210. The summed E-state index contributed by atoms with van der Waals surface area (Å²) in [5.41, 5.74) is 2.53. The van der Waals surface area contributed by atoms with E-state index in [1.165, 1.54) is 15.7 Å². The van der Waals surface area contributed by atoms with Crippen molar-refractivity contribution in [1.29, 1.82) is 0 Å². The largest absolute Gasteiger partial charge is 0.276 e. The van der Waals surface area contributed by atoms with Gasteiger partial charge in [0.15, 0.2) is 5.82 Å². The van der Waals surface area contributed by atoms with Gasteiger partial charge in [0.25, 0.3) is 5.56 Å². The van der Waals surface area contributed by atoms with Gasteiger partial charge in [-0.3, -0.25) is 4.79 Å². The highest BCUT2D eigenvalue weighted by atomic mass is 35.5. The van der Waals surface area contributed by atoms with Crippen LogP contribution in [0, 0.1) is 6.92 Å². The highest BCUT2D eigenvalue weighted by Gasteiger charge is 2.14. The van der Waals surface area contributed by atoms with Crippen molar-refractivity contribution in [1.82, 2.24) is 14.6 Å². The molecule has 0 N–H and O–H groups in total. The molecule has 7 heteroatoms. The molecule has 2 heterocycles. The lowest BCUT2D eigenvalue weighted by atomic mass is 10.1. The summed E-state index contributed by atoms with van der Waals surface area (Å²) in [5.74, 6) is 0.543. The van der Waals surface area contributed by atoms with Crippen LogP contribution in [0.3, 0.4) is 0 Å². The van der Waals surface area contributed by atoms with Crippen molar-refractivity contribution < 1.29 is 0 Å². The number of hydrogen-bond donors (Lipinski definition) is 0. The summed E-state index contributed by atoms with van der Waals surface area (Å²) in [6, 6.07) is 13.0. The number of aromatic nitrogens is 3. The maximum atomic E-state index is 12.8. The van der Waals surface area contributed by atoms with E-state index in [-0.39, 0.29) is 5.56 Å². The van der Waals surface area contributed by atoms with Crippen LogP contribution < -0.4 is 10.1 Å². The minimum Gasteiger partial charge on any atom is -0.267 e. The Labute approximate surface area is 157 Å². The molecule has 4 nitrogen and oxygen atoms in total. The predicted molar refractivity (Wildman–Crippen MR) is 103 cm³/mol. The van der Waals surface area contributed by atoms with Crippen molar-refractivity contribution in [2.24, 2.45) is 0 Å². The van der Waals surface area contributed by atoms with Crippen LogP contribution in [0.5, 0.6) is 0 Å². The van der Waals surface area contributed by atoms with Gasteiger partial charge in [-0.15, -0.1) is 10.2 Å². The Kier molecular flexibility index (Phi) is 4.07. The second-order valence-corrected chi connectivity index (χ2v) is 7.45. The van der Waals surface area contributed by atoms with E-state index in [0.717, 1.165) is 16.7 Å². The molecule has 0 saturated carbocycles. The molecule has 0 unspecified atom stereocenters. The number of halogens is 2. The number of rotatable bonds is 2. The summed E-state index contributed by atoms with van der Waals surface area (Å²) in [5, 5.41) is 9.36. The molecule has 4 aromatic rings. The first-order valence-electron chi connectivity index (χ1n) is 7.45. The summed E-state index contributed by atoms with van der Waals surface area (Å²) in [6.45, 7) is 2.00. The van der Waals surface area contributed by atoms with E-state index in [4.69, 9.17) is 23.2 Å². The van der Waals surface area contributed by atoms with Gasteiger partial charge in [-0.1, -0.05) is 64.4 Å². The molecule has 0 radical (unpaired) electrons. The van der Waals surface area contributed by atoms with Gasteiger partial charge in [-0.05, 0) is 36.8 Å². The molecule has 0 saturated heterocycles. The van der Waals surface area contributed by atoms with Crippen LogP contribution in [-0.2, 0) is 0 Å². The molecule has 0 spiro atoms. The van der Waals surface area contributed by atoms with Gasteiger partial charge in [0.2, 0.25) is 4.96 Å². The SMILES string of the molecule is Cc1cccc(-c2nnc3s/c(=C\c4ccc(Cl)cc4Cl)c(=O)n23)c1. The summed E-state index contributed by atoms with van der Waals surface area (Å²) >= 11 is 13.4. The lowest BCUT2D eigenvalue weighted by Crippen LogP contribution is -2.23. The van der Waals surface area contributed by atoms with E-state index < -0.39 is 0 Å². The first kappa shape index (κ1) is 16.3. The summed E-state index contributed by atoms with van der Waals surface area (Å²) in [6.07, 6.45) is 1.75. The molecule has 0 amide bonds. The second-order valence-electron chi connectivity index (χ2n) is 5.59. The molecule has 124 valence electrons. The second kappa shape index (κ2) is 6.26. The lowest BCUT2D eigenvalue weighted by molar-refractivity contribution is 1.09. The van der Waals surface area contributed by atoms with Crippen molar-refractivity contribution in [3.8, 4) is 11.4 Å². The van der Waals surface area contributed by atoms with Crippen molar-refractivity contribution in [2.75, 3.05) is 0 Å². The van der Waals surface area contributed by atoms with Crippen LogP contribution in [0.4, 0.5) is 0 Å². The molecule has 4 rings (SSSR count). The summed E-state index contributed by atoms with van der Waals surface area (Å²) in [7, 11) is 0. The molecule has 0 aliphatic heterocycles. The Balaban J connectivity index is 1.92. The van der Waals surface area contributed by atoms with E-state index >= 15 is 0 Å². The van der Waals surface area contributed by atoms with Crippen LogP contribution in [0.1, 0.15) is 11.1 Å². The molecule has 0 aliphatic carbocycles. The zero-order chi connectivity index (χ0) is 17.6. The van der Waals surface area contributed by atoms with E-state index in [1.807, 2.05) is 31.2 Å². The maximum Gasteiger partial charge on any atom is 0.276 e. The van der Waals surface area contributed by atoms with Gasteiger partial charge in [0.05, 0.1) is 4.53 Å². The lowest BCUT2D eigenvalue weighted by Gasteiger charge is -1.98. The topological polar surface area (TPSA) is 47.3 Å². The van der Waals surface area contributed by atoms with E-state index in [1.54, 1.807) is 24.3 Å². The van der Waals surface area contributed by atoms with E-state index in [0.29, 0.717) is 25.4 Å². The van der Waals surface area contributed by atoms with Crippen molar-refractivity contribution in [3.05, 3.63) is 78.5 Å². The van der Waals surface area contributed by atoms with Crippen molar-refractivity contribution in [2.45, 2.75) is 6.92 Å². The third-order valence-corrected chi connectivity index (χ3v) is 5.30. The van der Waals surface area contributed by atoms with Gasteiger partial charge in [0, 0.05) is 15.6 Å². The van der Waals surface area contributed by atoms with Gasteiger partial charge in [0.1, 0.15) is 0 Å². The van der Waals surface area contributed by atoms with Crippen LogP contribution in [-0.4, -0.2) is 14.6 Å². The predicted octanol–water partition coefficient (Wildman–Crippen LogP) is 3.98. The van der Waals surface area contributed by atoms with Crippen molar-refractivity contribution >= 4 is 45.6 Å². The number of aryl methyl sites for hydroxylation is 1. The average Bonchev–Trinajstić information content (AvgIpc) is 3.11. The Morgan fingerprint density at radius 2 is 1.96 bits per heavy atom. The van der Waals surface area contributed by atoms with E-state index in [2.05, 4.69) is 10.2 Å². The summed E-state index contributed by atoms with van der Waals surface area (Å²) in [4.78, 5) is 13.4. The third-order valence-electron chi connectivity index (χ3n) is 3.77. The number of benzene rings is 2. The molecule has 0 fully saturated rings. The van der Waals surface area contributed by atoms with Crippen LogP contribution in [0.25, 0.3) is 22.4 Å². The summed E-state index contributed by atoms with van der Waals surface area (Å²) < 4.78 is 2.08. The molecular weight excluding hydrogens is 377 g/mol. The van der Waals surface area contributed by atoms with Crippen molar-refractivity contribution in [3.63, 3.8) is 0 Å². The van der Waals surface area contributed by atoms with Crippen LogP contribution >= 0.6 is 34.5 Å². The van der Waals surface area contributed by atoms with E-state index in [9.17, 15) is 4.79 Å². The number of nitrogens with zero attached hydrogens (tertiary/aromatic N) is 3. The zero-order valence-corrected chi connectivity index (χ0v) is 15.4. The smallest absolute Gasteiger partial charge is 0.267 e. The molecule has 2 aromatic heterocycles. The molecule has 25 heavy (non-hydrogen) atoms. The minimum absolute atomic E-state index is 0.160. The molecule has 0 aliphatic rings. The quantitative estimate of drug-likeness (QED) is 0.522. The fraction of sp³-hybridized carbons (Fsp3) is 0.0556.